The van der Waals surface area contributed by atoms with Gasteiger partial charge in [-0.05, 0) is 42.4 Å². The summed E-state index contributed by atoms with van der Waals surface area (Å²) in [5.41, 5.74) is 1.02. The van der Waals surface area contributed by atoms with Crippen LogP contribution in [-0.4, -0.2) is 33.2 Å². The summed E-state index contributed by atoms with van der Waals surface area (Å²) >= 11 is 0. The second-order valence-electron chi connectivity index (χ2n) is 5.09. The Hall–Kier alpha value is -2.07. The lowest BCUT2D eigenvalue weighted by Gasteiger charge is -2.13. The van der Waals surface area contributed by atoms with Crippen molar-refractivity contribution in [3.8, 4) is 5.75 Å². The van der Waals surface area contributed by atoms with E-state index >= 15 is 0 Å². The summed E-state index contributed by atoms with van der Waals surface area (Å²) < 4.78 is 5.22. The summed E-state index contributed by atoms with van der Waals surface area (Å²) in [6.07, 6.45) is 0. The highest BCUT2D eigenvalue weighted by molar-refractivity contribution is 5.88. The van der Waals surface area contributed by atoms with Crippen LogP contribution >= 0.6 is 0 Å². The van der Waals surface area contributed by atoms with Gasteiger partial charge in [0.1, 0.15) is 5.75 Å². The number of amides is 1. The fraction of sp³-hybridized carbons (Fsp3) is 0.353. The van der Waals surface area contributed by atoms with Crippen LogP contribution in [0.4, 0.5) is 0 Å². The zero-order valence-corrected chi connectivity index (χ0v) is 12.8. The predicted molar refractivity (Wildman–Crippen MR) is 85.9 cm³/mol. The van der Waals surface area contributed by atoms with Crippen LogP contribution in [0.3, 0.4) is 0 Å². The number of hydrogen-bond acceptors (Lipinski definition) is 3. The van der Waals surface area contributed by atoms with Gasteiger partial charge in [-0.1, -0.05) is 24.3 Å². The number of rotatable bonds is 6. The number of methoxy groups -OCH3 is 1. The van der Waals surface area contributed by atoms with E-state index in [1.165, 1.54) is 0 Å². The lowest BCUT2D eigenvalue weighted by molar-refractivity contribution is -0.122. The summed E-state index contributed by atoms with van der Waals surface area (Å²) in [6.45, 7) is 3.35. The molecule has 0 aliphatic rings. The fourth-order valence-corrected chi connectivity index (χ4v) is 2.25. The first-order valence-corrected chi connectivity index (χ1v) is 7.15. The first kappa shape index (κ1) is 15.3. The zero-order chi connectivity index (χ0) is 15.2. The van der Waals surface area contributed by atoms with E-state index in [-0.39, 0.29) is 11.8 Å². The van der Waals surface area contributed by atoms with Gasteiger partial charge in [0.05, 0.1) is 13.0 Å². The fourth-order valence-electron chi connectivity index (χ4n) is 2.25. The van der Waals surface area contributed by atoms with Crippen LogP contribution in [0.15, 0.2) is 36.4 Å². The Bertz CT molecular complexity index is 625. The lowest BCUT2D eigenvalue weighted by Crippen LogP contribution is -2.33. The Morgan fingerprint density at radius 1 is 1.14 bits per heavy atom. The van der Waals surface area contributed by atoms with E-state index in [0.29, 0.717) is 6.54 Å². The van der Waals surface area contributed by atoms with Crippen molar-refractivity contribution in [3.63, 3.8) is 0 Å². The molecule has 4 heteroatoms. The van der Waals surface area contributed by atoms with Crippen molar-refractivity contribution in [1.29, 1.82) is 0 Å². The molecule has 4 nitrogen and oxygen atoms in total. The molecule has 0 heterocycles. The molecule has 2 aromatic rings. The molecule has 0 saturated carbocycles. The Balaban J connectivity index is 2.16. The van der Waals surface area contributed by atoms with Crippen molar-refractivity contribution in [2.24, 2.45) is 0 Å². The van der Waals surface area contributed by atoms with Gasteiger partial charge in [0, 0.05) is 13.1 Å². The zero-order valence-electron chi connectivity index (χ0n) is 12.8. The molecule has 1 atom stereocenters. The molecule has 1 unspecified atom stereocenters. The first-order valence-electron chi connectivity index (χ1n) is 7.15. The second kappa shape index (κ2) is 7.09. The Morgan fingerprint density at radius 3 is 2.57 bits per heavy atom. The number of nitrogens with one attached hydrogen (secondary N) is 2. The molecule has 0 fully saturated rings. The van der Waals surface area contributed by atoms with E-state index in [4.69, 9.17) is 4.74 Å². The highest BCUT2D eigenvalue weighted by atomic mass is 16.5. The minimum absolute atomic E-state index is 0.0538. The molecule has 0 bridgehead atoms. The Kier molecular flexibility index (Phi) is 5.17. The molecule has 0 aliphatic carbocycles. The highest BCUT2D eigenvalue weighted by Crippen LogP contribution is 2.25. The van der Waals surface area contributed by atoms with Crippen molar-refractivity contribution in [2.75, 3.05) is 27.2 Å². The van der Waals surface area contributed by atoms with Crippen LogP contribution in [0.2, 0.25) is 0 Å². The predicted octanol–water partition coefficient (Wildman–Crippen LogP) is 2.29. The van der Waals surface area contributed by atoms with Crippen LogP contribution in [0.5, 0.6) is 5.75 Å². The van der Waals surface area contributed by atoms with Crippen LogP contribution < -0.4 is 15.4 Å². The standard InChI is InChI=1S/C17H22N2O2/c1-12(17(20)19-9-8-18-2)13-4-5-15-11-16(21-3)7-6-14(15)10-13/h4-7,10-12,18H,8-9H2,1-3H3,(H,19,20). The largest absolute Gasteiger partial charge is 0.497 e. The number of hydrogen-bond donors (Lipinski definition) is 2. The number of benzene rings is 2. The maximum Gasteiger partial charge on any atom is 0.227 e. The quantitative estimate of drug-likeness (QED) is 0.801. The molecule has 0 aliphatic heterocycles. The van der Waals surface area contributed by atoms with Crippen molar-refractivity contribution in [2.45, 2.75) is 12.8 Å². The molecule has 112 valence electrons. The molecule has 1 amide bonds. The molecule has 0 radical (unpaired) electrons. The Morgan fingerprint density at radius 2 is 1.86 bits per heavy atom. The van der Waals surface area contributed by atoms with Gasteiger partial charge in [-0.15, -0.1) is 0 Å². The van der Waals surface area contributed by atoms with E-state index < -0.39 is 0 Å². The van der Waals surface area contributed by atoms with E-state index in [2.05, 4.69) is 16.7 Å². The maximum atomic E-state index is 12.1. The molecule has 21 heavy (non-hydrogen) atoms. The van der Waals surface area contributed by atoms with Crippen molar-refractivity contribution in [1.82, 2.24) is 10.6 Å². The minimum atomic E-state index is -0.159. The molecule has 2 N–H and O–H groups in total. The van der Waals surface area contributed by atoms with Crippen LogP contribution in [0.25, 0.3) is 10.8 Å². The summed E-state index contributed by atoms with van der Waals surface area (Å²) in [5, 5.41) is 8.16. The SMILES string of the molecule is CNCCNC(=O)C(C)c1ccc2cc(OC)ccc2c1. The van der Waals surface area contributed by atoms with Gasteiger partial charge in [-0.3, -0.25) is 4.79 Å². The van der Waals surface area contributed by atoms with Gasteiger partial charge >= 0.3 is 0 Å². The van der Waals surface area contributed by atoms with E-state index in [1.54, 1.807) is 7.11 Å². The summed E-state index contributed by atoms with van der Waals surface area (Å²) in [5.74, 6) is 0.736. The number of ether oxygens (including phenoxy) is 1. The molecular formula is C17H22N2O2. The van der Waals surface area contributed by atoms with Gasteiger partial charge < -0.3 is 15.4 Å². The number of fused-ring (bicyclic) bond motifs is 1. The average molecular weight is 286 g/mol. The lowest BCUT2D eigenvalue weighted by atomic mass is 9.97. The third kappa shape index (κ3) is 3.73. The average Bonchev–Trinajstić information content (AvgIpc) is 2.53. The van der Waals surface area contributed by atoms with E-state index in [9.17, 15) is 4.79 Å². The molecule has 2 aromatic carbocycles. The number of likely N-dealkylation sites (N-methyl/N-ethyl adjacent to an activating group) is 1. The summed E-state index contributed by atoms with van der Waals surface area (Å²) in [4.78, 5) is 12.1. The van der Waals surface area contributed by atoms with Crippen molar-refractivity contribution < 1.29 is 9.53 Å². The molecule has 0 spiro atoms. The molecule has 0 saturated heterocycles. The van der Waals surface area contributed by atoms with Gasteiger partial charge in [-0.25, -0.2) is 0 Å². The first-order chi connectivity index (χ1) is 10.2. The molecule has 0 aromatic heterocycles. The topological polar surface area (TPSA) is 50.4 Å². The second-order valence-corrected chi connectivity index (χ2v) is 5.09. The normalized spacial score (nSPS) is 12.1. The molecule has 2 rings (SSSR count). The summed E-state index contributed by atoms with van der Waals surface area (Å²) in [6, 6.07) is 12.1. The van der Waals surface area contributed by atoms with E-state index in [0.717, 1.165) is 28.6 Å². The van der Waals surface area contributed by atoms with Crippen LogP contribution in [0.1, 0.15) is 18.4 Å². The van der Waals surface area contributed by atoms with Gasteiger partial charge in [0.25, 0.3) is 0 Å². The van der Waals surface area contributed by atoms with Crippen molar-refractivity contribution >= 4 is 16.7 Å². The highest BCUT2D eigenvalue weighted by Gasteiger charge is 2.14. The molecular weight excluding hydrogens is 264 g/mol. The third-order valence-electron chi connectivity index (χ3n) is 3.64. The maximum absolute atomic E-state index is 12.1. The van der Waals surface area contributed by atoms with Crippen LogP contribution in [0, 0.1) is 0 Å². The summed E-state index contributed by atoms with van der Waals surface area (Å²) in [7, 11) is 3.53. The van der Waals surface area contributed by atoms with Crippen molar-refractivity contribution in [3.05, 3.63) is 42.0 Å². The van der Waals surface area contributed by atoms with Gasteiger partial charge in [0.2, 0.25) is 5.91 Å². The number of carbonyl (C=O) groups is 1. The number of carbonyl (C=O) groups excluding carboxylic acids is 1. The minimum Gasteiger partial charge on any atom is -0.497 e. The monoisotopic (exact) mass is 286 g/mol. The van der Waals surface area contributed by atoms with Gasteiger partial charge in [0.15, 0.2) is 0 Å². The Labute approximate surface area is 125 Å². The van der Waals surface area contributed by atoms with Crippen LogP contribution in [-0.2, 0) is 4.79 Å². The van der Waals surface area contributed by atoms with Gasteiger partial charge in [-0.2, -0.15) is 0 Å². The third-order valence-corrected chi connectivity index (χ3v) is 3.64. The van der Waals surface area contributed by atoms with E-state index in [1.807, 2.05) is 44.3 Å². The smallest absolute Gasteiger partial charge is 0.227 e.